The highest BCUT2D eigenvalue weighted by Gasteiger charge is 2.13. The van der Waals surface area contributed by atoms with E-state index in [1.807, 2.05) is 18.2 Å². The van der Waals surface area contributed by atoms with E-state index in [-0.39, 0.29) is 0 Å². The van der Waals surface area contributed by atoms with Crippen LogP contribution in [0.15, 0.2) is 47.0 Å². The van der Waals surface area contributed by atoms with Crippen LogP contribution in [-0.4, -0.2) is 10.9 Å². The molecule has 108 valence electrons. The fourth-order valence-corrected chi connectivity index (χ4v) is 2.48. The lowest BCUT2D eigenvalue weighted by Gasteiger charge is -2.08. The van der Waals surface area contributed by atoms with Crippen LogP contribution in [0.25, 0.3) is 11.0 Å². The minimum Gasteiger partial charge on any atom is -0.488 e. The average Bonchev–Trinajstić information content (AvgIpc) is 2.91. The van der Waals surface area contributed by atoms with E-state index in [0.717, 1.165) is 40.1 Å². The molecule has 0 aliphatic carbocycles. The Balaban J connectivity index is 1.86. The number of ether oxygens (including phenoxy) is 1. The van der Waals surface area contributed by atoms with Gasteiger partial charge >= 0.3 is 0 Å². The molecule has 0 radical (unpaired) electrons. The Labute approximate surface area is 129 Å². The first kappa shape index (κ1) is 14.0. The van der Waals surface area contributed by atoms with Gasteiger partial charge in [-0.3, -0.25) is 0 Å². The highest BCUT2D eigenvalue weighted by molar-refractivity contribution is 7.80. The van der Waals surface area contributed by atoms with Crippen LogP contribution in [0.2, 0.25) is 0 Å². The van der Waals surface area contributed by atoms with Crippen LogP contribution in [-0.2, 0) is 13.0 Å². The maximum absolute atomic E-state index is 5.97. The molecule has 0 aliphatic rings. The fourth-order valence-electron chi connectivity index (χ4n) is 2.26. The SMILES string of the molecule is Cc1ccc(COc2cccc3onc(CCS)c23)cc1. The van der Waals surface area contributed by atoms with Crippen molar-refractivity contribution in [1.29, 1.82) is 0 Å². The van der Waals surface area contributed by atoms with Gasteiger partial charge in [-0.1, -0.05) is 41.1 Å². The summed E-state index contributed by atoms with van der Waals surface area (Å²) < 4.78 is 11.3. The van der Waals surface area contributed by atoms with Crippen LogP contribution in [0.3, 0.4) is 0 Å². The Morgan fingerprint density at radius 3 is 2.71 bits per heavy atom. The van der Waals surface area contributed by atoms with Gasteiger partial charge in [-0.15, -0.1) is 0 Å². The normalized spacial score (nSPS) is 11.0. The van der Waals surface area contributed by atoms with Crippen molar-refractivity contribution in [3.8, 4) is 5.75 Å². The van der Waals surface area contributed by atoms with Gasteiger partial charge in [-0.05, 0) is 30.4 Å². The number of aromatic nitrogens is 1. The molecular weight excluding hydrogens is 282 g/mol. The lowest BCUT2D eigenvalue weighted by Crippen LogP contribution is -1.97. The summed E-state index contributed by atoms with van der Waals surface area (Å²) >= 11 is 4.26. The zero-order chi connectivity index (χ0) is 14.7. The molecule has 0 saturated carbocycles. The van der Waals surface area contributed by atoms with E-state index < -0.39 is 0 Å². The van der Waals surface area contributed by atoms with Crippen molar-refractivity contribution in [2.24, 2.45) is 0 Å². The van der Waals surface area contributed by atoms with Gasteiger partial charge in [0.2, 0.25) is 0 Å². The Morgan fingerprint density at radius 2 is 1.95 bits per heavy atom. The zero-order valence-electron chi connectivity index (χ0n) is 11.9. The van der Waals surface area contributed by atoms with Crippen LogP contribution in [0.4, 0.5) is 0 Å². The van der Waals surface area contributed by atoms with Gasteiger partial charge in [0.15, 0.2) is 5.58 Å². The van der Waals surface area contributed by atoms with E-state index in [4.69, 9.17) is 9.26 Å². The molecule has 0 N–H and O–H groups in total. The number of rotatable bonds is 5. The third kappa shape index (κ3) is 3.05. The maximum Gasteiger partial charge on any atom is 0.170 e. The number of hydrogen-bond donors (Lipinski definition) is 1. The van der Waals surface area contributed by atoms with Crippen LogP contribution in [0.5, 0.6) is 5.75 Å². The van der Waals surface area contributed by atoms with E-state index >= 15 is 0 Å². The van der Waals surface area contributed by atoms with Crippen molar-refractivity contribution >= 4 is 23.6 Å². The van der Waals surface area contributed by atoms with Crippen molar-refractivity contribution in [2.75, 3.05) is 5.75 Å². The minimum atomic E-state index is 0.533. The Bertz CT molecular complexity index is 734. The van der Waals surface area contributed by atoms with E-state index in [1.165, 1.54) is 5.56 Å². The van der Waals surface area contributed by atoms with Gasteiger partial charge in [-0.2, -0.15) is 12.6 Å². The summed E-state index contributed by atoms with van der Waals surface area (Å²) in [6.07, 6.45) is 0.765. The predicted molar refractivity (Wildman–Crippen MR) is 87.1 cm³/mol. The first-order chi connectivity index (χ1) is 10.3. The molecule has 1 aromatic heterocycles. The molecule has 0 unspecified atom stereocenters. The third-order valence-electron chi connectivity index (χ3n) is 3.39. The summed E-state index contributed by atoms with van der Waals surface area (Å²) in [6.45, 7) is 2.61. The Morgan fingerprint density at radius 1 is 1.14 bits per heavy atom. The molecule has 0 saturated heterocycles. The van der Waals surface area contributed by atoms with E-state index in [9.17, 15) is 0 Å². The summed E-state index contributed by atoms with van der Waals surface area (Å²) in [4.78, 5) is 0. The molecule has 3 aromatic rings. The number of hydrogen-bond acceptors (Lipinski definition) is 4. The zero-order valence-corrected chi connectivity index (χ0v) is 12.8. The van der Waals surface area contributed by atoms with Crippen molar-refractivity contribution in [3.63, 3.8) is 0 Å². The summed E-state index contributed by atoms with van der Waals surface area (Å²) in [5, 5.41) is 5.07. The summed E-state index contributed by atoms with van der Waals surface area (Å²) in [6, 6.07) is 14.1. The lowest BCUT2D eigenvalue weighted by molar-refractivity contribution is 0.310. The van der Waals surface area contributed by atoms with Crippen molar-refractivity contribution in [2.45, 2.75) is 20.0 Å². The molecule has 0 atom stereocenters. The molecule has 3 nitrogen and oxygen atoms in total. The van der Waals surface area contributed by atoms with Gasteiger partial charge in [0.05, 0.1) is 11.1 Å². The minimum absolute atomic E-state index is 0.533. The summed E-state index contributed by atoms with van der Waals surface area (Å²) in [5.74, 6) is 1.54. The summed E-state index contributed by atoms with van der Waals surface area (Å²) in [7, 11) is 0. The maximum atomic E-state index is 5.97. The smallest absolute Gasteiger partial charge is 0.170 e. The average molecular weight is 299 g/mol. The molecular formula is C17H17NO2S. The highest BCUT2D eigenvalue weighted by atomic mass is 32.1. The second-order valence-corrected chi connectivity index (χ2v) is 5.45. The largest absolute Gasteiger partial charge is 0.488 e. The topological polar surface area (TPSA) is 35.3 Å². The fraction of sp³-hybridized carbons (Fsp3) is 0.235. The second-order valence-electron chi connectivity index (χ2n) is 5.01. The highest BCUT2D eigenvalue weighted by Crippen LogP contribution is 2.30. The van der Waals surface area contributed by atoms with Gasteiger partial charge in [-0.25, -0.2) is 0 Å². The molecule has 21 heavy (non-hydrogen) atoms. The van der Waals surface area contributed by atoms with Crippen LogP contribution < -0.4 is 4.74 Å². The van der Waals surface area contributed by atoms with Gasteiger partial charge < -0.3 is 9.26 Å². The van der Waals surface area contributed by atoms with E-state index in [0.29, 0.717) is 6.61 Å². The van der Waals surface area contributed by atoms with Crippen LogP contribution in [0.1, 0.15) is 16.8 Å². The first-order valence-electron chi connectivity index (χ1n) is 6.94. The lowest BCUT2D eigenvalue weighted by atomic mass is 10.1. The molecule has 0 aliphatic heterocycles. The van der Waals surface area contributed by atoms with Gasteiger partial charge in [0.25, 0.3) is 0 Å². The molecule has 0 fully saturated rings. The molecule has 0 amide bonds. The van der Waals surface area contributed by atoms with Crippen molar-refractivity contribution < 1.29 is 9.26 Å². The van der Waals surface area contributed by atoms with Crippen LogP contribution in [0, 0.1) is 6.92 Å². The van der Waals surface area contributed by atoms with E-state index in [2.05, 4.69) is 49.0 Å². The molecule has 4 heteroatoms. The number of aryl methyl sites for hydroxylation is 2. The van der Waals surface area contributed by atoms with Crippen molar-refractivity contribution in [1.82, 2.24) is 5.16 Å². The Kier molecular flexibility index (Phi) is 4.15. The van der Waals surface area contributed by atoms with Gasteiger partial charge in [0.1, 0.15) is 12.4 Å². The summed E-state index contributed by atoms with van der Waals surface area (Å²) in [5.41, 5.74) is 4.05. The standard InChI is InChI=1S/C17H17NO2S/c1-12-5-7-13(8-6-12)11-19-15-3-2-4-16-17(15)14(9-10-21)18-20-16/h2-8,21H,9-11H2,1H3. The quantitative estimate of drug-likeness (QED) is 0.718. The molecule has 2 aromatic carbocycles. The molecule has 0 spiro atoms. The second kappa shape index (κ2) is 6.22. The molecule has 1 heterocycles. The molecule has 0 bridgehead atoms. The van der Waals surface area contributed by atoms with E-state index in [1.54, 1.807) is 0 Å². The monoisotopic (exact) mass is 299 g/mol. The first-order valence-corrected chi connectivity index (χ1v) is 7.57. The van der Waals surface area contributed by atoms with Crippen molar-refractivity contribution in [3.05, 3.63) is 59.3 Å². The number of fused-ring (bicyclic) bond motifs is 1. The van der Waals surface area contributed by atoms with Gasteiger partial charge in [0, 0.05) is 6.42 Å². The predicted octanol–water partition coefficient (Wildman–Crippen LogP) is 4.19. The number of benzene rings is 2. The molecule has 3 rings (SSSR count). The van der Waals surface area contributed by atoms with Crippen LogP contribution >= 0.6 is 12.6 Å². The number of thiol groups is 1. The number of nitrogens with zero attached hydrogens (tertiary/aromatic N) is 1. The third-order valence-corrected chi connectivity index (χ3v) is 3.62. The Hall–Kier alpha value is -1.94.